The number of aromatic nitrogens is 4. The summed E-state index contributed by atoms with van der Waals surface area (Å²) in [7, 11) is 0. The first-order chi connectivity index (χ1) is 15.6. The van der Waals surface area contributed by atoms with Gasteiger partial charge in [-0.25, -0.2) is 0 Å². The van der Waals surface area contributed by atoms with Gasteiger partial charge in [0.2, 0.25) is 11.7 Å². The molecule has 8 heteroatoms. The van der Waals surface area contributed by atoms with Crippen molar-refractivity contribution in [2.24, 2.45) is 5.73 Å². The molecule has 32 heavy (non-hydrogen) atoms. The SMILES string of the molecule is NC(=O)c1ccc(CSc2nnc3n(Cc4ccccc4)c(=O)c4ccccc4n23)cc1. The van der Waals surface area contributed by atoms with Crippen LogP contribution < -0.4 is 11.3 Å². The van der Waals surface area contributed by atoms with E-state index in [1.54, 1.807) is 16.7 Å². The fourth-order valence-corrected chi connectivity index (χ4v) is 4.54. The van der Waals surface area contributed by atoms with Crippen LogP contribution in [-0.2, 0) is 12.3 Å². The smallest absolute Gasteiger partial charge is 0.263 e. The lowest BCUT2D eigenvalue weighted by Crippen LogP contribution is -2.24. The number of hydrogen-bond acceptors (Lipinski definition) is 5. The minimum absolute atomic E-state index is 0.0945. The van der Waals surface area contributed by atoms with Crippen LogP contribution in [0, 0.1) is 0 Å². The van der Waals surface area contributed by atoms with Gasteiger partial charge in [-0.15, -0.1) is 10.2 Å². The summed E-state index contributed by atoms with van der Waals surface area (Å²) in [6.45, 7) is 0.408. The average Bonchev–Trinajstić information content (AvgIpc) is 3.25. The van der Waals surface area contributed by atoms with Crippen molar-refractivity contribution in [3.8, 4) is 0 Å². The summed E-state index contributed by atoms with van der Waals surface area (Å²) in [6.07, 6.45) is 0. The fourth-order valence-electron chi connectivity index (χ4n) is 3.65. The average molecular weight is 442 g/mol. The molecule has 7 nitrogen and oxygen atoms in total. The minimum atomic E-state index is -0.449. The molecule has 0 atom stereocenters. The van der Waals surface area contributed by atoms with Gasteiger partial charge in [0.15, 0.2) is 5.16 Å². The number of primary amides is 1. The van der Waals surface area contributed by atoms with E-state index in [2.05, 4.69) is 10.2 Å². The van der Waals surface area contributed by atoms with Gasteiger partial charge in [0, 0.05) is 11.3 Å². The standard InChI is InChI=1S/C24H19N5O2S/c25-21(30)18-12-10-17(11-13-18)15-32-24-27-26-23-28(14-16-6-2-1-3-7-16)22(31)19-8-4-5-9-20(19)29(23)24/h1-13H,14-15H2,(H2,25,30). The first-order valence-electron chi connectivity index (χ1n) is 10.0. The summed E-state index contributed by atoms with van der Waals surface area (Å²) in [6, 6.07) is 24.5. The van der Waals surface area contributed by atoms with Gasteiger partial charge in [0.05, 0.1) is 17.4 Å². The van der Waals surface area contributed by atoms with Gasteiger partial charge in [0.1, 0.15) is 0 Å². The molecule has 0 fully saturated rings. The number of para-hydroxylation sites is 1. The number of nitrogens with two attached hydrogens (primary N) is 1. The van der Waals surface area contributed by atoms with Crippen molar-refractivity contribution >= 4 is 34.3 Å². The van der Waals surface area contributed by atoms with E-state index < -0.39 is 5.91 Å². The van der Waals surface area contributed by atoms with Crippen LogP contribution in [0.1, 0.15) is 21.5 Å². The molecule has 0 spiro atoms. The molecule has 0 bridgehead atoms. The van der Waals surface area contributed by atoms with E-state index in [1.165, 1.54) is 11.8 Å². The second-order valence-corrected chi connectivity index (χ2v) is 8.30. The Morgan fingerprint density at radius 2 is 1.59 bits per heavy atom. The van der Waals surface area contributed by atoms with Crippen LogP contribution in [0.4, 0.5) is 0 Å². The number of carbonyl (C=O) groups is 1. The third-order valence-corrected chi connectivity index (χ3v) is 6.27. The van der Waals surface area contributed by atoms with Gasteiger partial charge in [-0.05, 0) is 35.4 Å². The van der Waals surface area contributed by atoms with E-state index in [9.17, 15) is 9.59 Å². The zero-order chi connectivity index (χ0) is 22.1. The van der Waals surface area contributed by atoms with Crippen LogP contribution in [0.15, 0.2) is 88.8 Å². The van der Waals surface area contributed by atoms with Crippen LogP contribution in [0.25, 0.3) is 16.7 Å². The Morgan fingerprint density at radius 1 is 0.875 bits per heavy atom. The summed E-state index contributed by atoms with van der Waals surface area (Å²) < 4.78 is 3.60. The Hall–Kier alpha value is -3.91. The van der Waals surface area contributed by atoms with Gasteiger partial charge in [-0.3, -0.25) is 18.6 Å². The topological polar surface area (TPSA) is 95.3 Å². The molecule has 0 saturated heterocycles. The summed E-state index contributed by atoms with van der Waals surface area (Å²) in [5.41, 5.74) is 8.51. The molecule has 2 aromatic heterocycles. The monoisotopic (exact) mass is 441 g/mol. The number of fused-ring (bicyclic) bond motifs is 3. The molecule has 0 unspecified atom stereocenters. The summed E-state index contributed by atoms with van der Waals surface area (Å²) in [5.74, 6) is 0.686. The number of amides is 1. The zero-order valence-electron chi connectivity index (χ0n) is 17.0. The van der Waals surface area contributed by atoms with Crippen molar-refractivity contribution in [1.82, 2.24) is 19.2 Å². The van der Waals surface area contributed by atoms with E-state index in [-0.39, 0.29) is 5.56 Å². The minimum Gasteiger partial charge on any atom is -0.366 e. The molecule has 5 aromatic rings. The molecular weight excluding hydrogens is 422 g/mol. The van der Waals surface area contributed by atoms with E-state index in [0.717, 1.165) is 16.6 Å². The molecule has 0 saturated carbocycles. The van der Waals surface area contributed by atoms with Crippen LogP contribution >= 0.6 is 11.8 Å². The Bertz CT molecular complexity index is 1490. The van der Waals surface area contributed by atoms with Gasteiger partial charge in [-0.2, -0.15) is 0 Å². The number of hydrogen-bond donors (Lipinski definition) is 1. The van der Waals surface area contributed by atoms with Crippen molar-refractivity contribution in [3.63, 3.8) is 0 Å². The Morgan fingerprint density at radius 3 is 2.34 bits per heavy atom. The highest BCUT2D eigenvalue weighted by Gasteiger charge is 2.17. The highest BCUT2D eigenvalue weighted by atomic mass is 32.2. The van der Waals surface area contributed by atoms with Crippen LogP contribution in [-0.4, -0.2) is 25.1 Å². The van der Waals surface area contributed by atoms with Crippen LogP contribution in [0.3, 0.4) is 0 Å². The molecule has 0 aliphatic heterocycles. The van der Waals surface area contributed by atoms with Crippen molar-refractivity contribution in [3.05, 3.63) is 106 Å². The Balaban J connectivity index is 1.57. The lowest BCUT2D eigenvalue weighted by atomic mass is 10.1. The number of benzene rings is 3. The maximum absolute atomic E-state index is 13.3. The van der Waals surface area contributed by atoms with Crippen molar-refractivity contribution in [2.45, 2.75) is 17.5 Å². The van der Waals surface area contributed by atoms with E-state index >= 15 is 0 Å². The predicted molar refractivity (Wildman–Crippen MR) is 125 cm³/mol. The zero-order valence-corrected chi connectivity index (χ0v) is 17.8. The second kappa shape index (κ2) is 8.32. The third kappa shape index (κ3) is 3.65. The summed E-state index contributed by atoms with van der Waals surface area (Å²) in [5, 5.41) is 10.1. The first-order valence-corrected chi connectivity index (χ1v) is 11.0. The fraction of sp³-hybridized carbons (Fsp3) is 0.0833. The van der Waals surface area contributed by atoms with E-state index in [4.69, 9.17) is 5.73 Å². The highest BCUT2D eigenvalue weighted by Crippen LogP contribution is 2.25. The molecule has 0 aliphatic carbocycles. The second-order valence-electron chi connectivity index (χ2n) is 7.36. The molecule has 2 heterocycles. The van der Waals surface area contributed by atoms with E-state index in [1.807, 2.05) is 71.1 Å². The summed E-state index contributed by atoms with van der Waals surface area (Å²) in [4.78, 5) is 24.5. The molecule has 158 valence electrons. The van der Waals surface area contributed by atoms with Gasteiger partial charge in [-0.1, -0.05) is 66.4 Å². The largest absolute Gasteiger partial charge is 0.366 e. The van der Waals surface area contributed by atoms with Crippen molar-refractivity contribution < 1.29 is 4.79 Å². The molecule has 5 rings (SSSR count). The molecule has 0 aliphatic rings. The number of nitrogens with zero attached hydrogens (tertiary/aromatic N) is 4. The highest BCUT2D eigenvalue weighted by molar-refractivity contribution is 7.98. The third-order valence-electron chi connectivity index (χ3n) is 5.27. The van der Waals surface area contributed by atoms with Crippen molar-refractivity contribution in [1.29, 1.82) is 0 Å². The maximum Gasteiger partial charge on any atom is 0.263 e. The summed E-state index contributed by atoms with van der Waals surface area (Å²) >= 11 is 1.52. The number of rotatable bonds is 6. The lowest BCUT2D eigenvalue weighted by Gasteiger charge is -2.11. The molecule has 3 aromatic carbocycles. The van der Waals surface area contributed by atoms with E-state index in [0.29, 0.717) is 34.2 Å². The Kier molecular flexibility index (Phi) is 5.20. The quantitative estimate of drug-likeness (QED) is 0.407. The number of carbonyl (C=O) groups excluding carboxylic acids is 1. The molecular formula is C24H19N5O2S. The number of thioether (sulfide) groups is 1. The maximum atomic E-state index is 13.3. The molecule has 0 radical (unpaired) electrons. The lowest BCUT2D eigenvalue weighted by molar-refractivity contribution is 0.100. The Labute approximate surface area is 187 Å². The molecule has 1 amide bonds. The van der Waals surface area contributed by atoms with Gasteiger partial charge in [0.25, 0.3) is 5.56 Å². The van der Waals surface area contributed by atoms with Gasteiger partial charge >= 0.3 is 0 Å². The molecule has 2 N–H and O–H groups in total. The normalized spacial score (nSPS) is 11.2. The van der Waals surface area contributed by atoms with Gasteiger partial charge < -0.3 is 5.73 Å². The van der Waals surface area contributed by atoms with Crippen molar-refractivity contribution in [2.75, 3.05) is 0 Å². The van der Waals surface area contributed by atoms with Crippen LogP contribution in [0.5, 0.6) is 0 Å². The predicted octanol–water partition coefficient (Wildman–Crippen LogP) is 3.48. The van der Waals surface area contributed by atoms with Crippen LogP contribution in [0.2, 0.25) is 0 Å². The first kappa shape index (κ1) is 20.0.